The van der Waals surface area contributed by atoms with Crippen molar-refractivity contribution < 1.29 is 9.53 Å². The van der Waals surface area contributed by atoms with Crippen molar-refractivity contribution in [2.75, 3.05) is 38.1 Å². The minimum absolute atomic E-state index is 0.159. The SMILES string of the molecule is CN1CCN(c2ncnc3cc(C(=O)NCc4cccc(Oc5nccc6ccccc56)c4)ccc23)CC1. The third-order valence-corrected chi connectivity index (χ3v) is 6.88. The van der Waals surface area contributed by atoms with Crippen molar-refractivity contribution in [1.29, 1.82) is 0 Å². The number of aromatic nitrogens is 3. The predicted octanol–water partition coefficient (Wildman–Crippen LogP) is 4.65. The molecular weight excluding hydrogens is 476 g/mol. The molecule has 38 heavy (non-hydrogen) atoms. The van der Waals surface area contributed by atoms with Crippen LogP contribution < -0.4 is 15.0 Å². The molecule has 3 heterocycles. The number of hydrogen-bond acceptors (Lipinski definition) is 7. The molecule has 1 fully saturated rings. The molecule has 0 atom stereocenters. The van der Waals surface area contributed by atoms with Gasteiger partial charge in [0.1, 0.15) is 17.9 Å². The van der Waals surface area contributed by atoms with Gasteiger partial charge in [-0.3, -0.25) is 4.79 Å². The Kier molecular flexibility index (Phi) is 6.54. The van der Waals surface area contributed by atoms with Crippen LogP contribution in [-0.2, 0) is 6.54 Å². The lowest BCUT2D eigenvalue weighted by Crippen LogP contribution is -2.44. The Balaban J connectivity index is 1.14. The number of rotatable bonds is 6. The maximum Gasteiger partial charge on any atom is 0.251 e. The highest BCUT2D eigenvalue weighted by molar-refractivity contribution is 5.99. The van der Waals surface area contributed by atoms with Gasteiger partial charge in [0, 0.05) is 55.3 Å². The number of piperazine rings is 1. The molecule has 0 radical (unpaired) electrons. The largest absolute Gasteiger partial charge is 0.438 e. The summed E-state index contributed by atoms with van der Waals surface area (Å²) in [5.41, 5.74) is 2.25. The van der Waals surface area contributed by atoms with Gasteiger partial charge in [0.15, 0.2) is 0 Å². The lowest BCUT2D eigenvalue weighted by atomic mass is 10.1. The zero-order chi connectivity index (χ0) is 25.9. The highest BCUT2D eigenvalue weighted by Gasteiger charge is 2.18. The molecule has 1 amide bonds. The van der Waals surface area contributed by atoms with Gasteiger partial charge < -0.3 is 19.9 Å². The molecular formula is C30H28N6O2. The van der Waals surface area contributed by atoms with Crippen LogP contribution in [0.3, 0.4) is 0 Å². The van der Waals surface area contributed by atoms with Crippen molar-refractivity contribution in [2.24, 2.45) is 0 Å². The first-order valence-electron chi connectivity index (χ1n) is 12.7. The van der Waals surface area contributed by atoms with Gasteiger partial charge in [-0.1, -0.05) is 30.3 Å². The highest BCUT2D eigenvalue weighted by atomic mass is 16.5. The molecule has 0 unspecified atom stereocenters. The van der Waals surface area contributed by atoms with Crippen LogP contribution in [0.5, 0.6) is 11.6 Å². The maximum absolute atomic E-state index is 13.0. The van der Waals surface area contributed by atoms with Gasteiger partial charge in [0.25, 0.3) is 5.91 Å². The van der Waals surface area contributed by atoms with Gasteiger partial charge in [-0.2, -0.15) is 0 Å². The summed E-state index contributed by atoms with van der Waals surface area (Å²) in [4.78, 5) is 31.0. The molecule has 8 nitrogen and oxygen atoms in total. The summed E-state index contributed by atoms with van der Waals surface area (Å²) in [6.07, 6.45) is 3.32. The minimum atomic E-state index is -0.159. The minimum Gasteiger partial charge on any atom is -0.438 e. The highest BCUT2D eigenvalue weighted by Crippen LogP contribution is 2.28. The first kappa shape index (κ1) is 23.8. The average Bonchev–Trinajstić information content (AvgIpc) is 2.96. The van der Waals surface area contributed by atoms with E-state index in [9.17, 15) is 4.79 Å². The summed E-state index contributed by atoms with van der Waals surface area (Å²) in [6.45, 7) is 4.20. The monoisotopic (exact) mass is 504 g/mol. The number of pyridine rings is 1. The second-order valence-electron chi connectivity index (χ2n) is 9.49. The molecule has 3 aromatic carbocycles. The van der Waals surface area contributed by atoms with Crippen LogP contribution in [0.1, 0.15) is 15.9 Å². The fourth-order valence-electron chi connectivity index (χ4n) is 4.74. The lowest BCUT2D eigenvalue weighted by molar-refractivity contribution is 0.0951. The second-order valence-corrected chi connectivity index (χ2v) is 9.49. The number of ether oxygens (including phenoxy) is 1. The number of benzene rings is 3. The van der Waals surface area contributed by atoms with Gasteiger partial charge >= 0.3 is 0 Å². The number of anilines is 1. The molecule has 1 N–H and O–H groups in total. The van der Waals surface area contributed by atoms with E-state index in [0.29, 0.717) is 23.7 Å². The molecule has 2 aromatic heterocycles. The number of nitrogens with one attached hydrogen (secondary N) is 1. The van der Waals surface area contributed by atoms with Crippen molar-refractivity contribution in [2.45, 2.75) is 6.54 Å². The fourth-order valence-corrected chi connectivity index (χ4v) is 4.74. The maximum atomic E-state index is 13.0. The molecule has 1 aliphatic rings. The van der Waals surface area contributed by atoms with Gasteiger partial charge in [-0.05, 0) is 60.5 Å². The van der Waals surface area contributed by atoms with E-state index in [1.54, 1.807) is 12.5 Å². The standard InChI is InChI=1S/C30H28N6O2/c1-35-13-15-36(16-14-35)28-26-10-9-23(18-27(26)33-20-34-28)29(37)32-19-21-5-4-7-24(17-21)38-30-25-8-3-2-6-22(25)11-12-31-30/h2-12,17-18,20H,13-16,19H2,1H3,(H,32,37). The van der Waals surface area contributed by atoms with Gasteiger partial charge in [-0.15, -0.1) is 0 Å². The third kappa shape index (κ3) is 4.99. The van der Waals surface area contributed by atoms with E-state index in [4.69, 9.17) is 4.74 Å². The van der Waals surface area contributed by atoms with E-state index in [1.165, 1.54) is 0 Å². The number of hydrogen-bond donors (Lipinski definition) is 1. The van der Waals surface area contributed by atoms with Crippen LogP contribution >= 0.6 is 0 Å². The van der Waals surface area contributed by atoms with Gasteiger partial charge in [0.05, 0.1) is 5.52 Å². The summed E-state index contributed by atoms with van der Waals surface area (Å²) in [5, 5.41) is 5.99. The molecule has 0 saturated carbocycles. The average molecular weight is 505 g/mol. The van der Waals surface area contributed by atoms with Crippen molar-refractivity contribution in [1.82, 2.24) is 25.2 Å². The van der Waals surface area contributed by atoms with Crippen molar-refractivity contribution in [3.63, 3.8) is 0 Å². The van der Waals surface area contributed by atoms with Crippen molar-refractivity contribution in [3.8, 4) is 11.6 Å². The molecule has 1 aliphatic heterocycles. The number of fused-ring (bicyclic) bond motifs is 2. The van der Waals surface area contributed by atoms with E-state index in [1.807, 2.05) is 72.8 Å². The lowest BCUT2D eigenvalue weighted by Gasteiger charge is -2.33. The van der Waals surface area contributed by atoms with E-state index in [-0.39, 0.29) is 5.91 Å². The molecule has 8 heteroatoms. The summed E-state index contributed by atoms with van der Waals surface area (Å²) in [5.74, 6) is 1.99. The van der Waals surface area contributed by atoms with Gasteiger partial charge in [0.2, 0.25) is 5.88 Å². The third-order valence-electron chi connectivity index (χ3n) is 6.88. The number of nitrogens with zero attached hydrogens (tertiary/aromatic N) is 5. The molecule has 0 bridgehead atoms. The Bertz CT molecular complexity index is 1610. The van der Waals surface area contributed by atoms with Crippen LogP contribution in [-0.4, -0.2) is 59.0 Å². The molecule has 1 saturated heterocycles. The summed E-state index contributed by atoms with van der Waals surface area (Å²) in [7, 11) is 2.13. The Morgan fingerprint density at radius 1 is 0.895 bits per heavy atom. The predicted molar refractivity (Wildman–Crippen MR) is 149 cm³/mol. The summed E-state index contributed by atoms with van der Waals surface area (Å²) in [6, 6.07) is 23.2. The van der Waals surface area contributed by atoms with Crippen molar-refractivity contribution >= 4 is 33.4 Å². The van der Waals surface area contributed by atoms with Crippen LogP contribution in [0.15, 0.2) is 85.3 Å². The zero-order valence-electron chi connectivity index (χ0n) is 21.2. The Morgan fingerprint density at radius 2 is 1.76 bits per heavy atom. The first-order chi connectivity index (χ1) is 18.6. The van der Waals surface area contributed by atoms with Crippen LogP contribution in [0.4, 0.5) is 5.82 Å². The molecule has 0 spiro atoms. The zero-order valence-corrected chi connectivity index (χ0v) is 21.2. The van der Waals surface area contributed by atoms with Crippen LogP contribution in [0.2, 0.25) is 0 Å². The summed E-state index contributed by atoms with van der Waals surface area (Å²) < 4.78 is 6.09. The second kappa shape index (κ2) is 10.4. The number of carbonyl (C=O) groups excluding carboxylic acids is 1. The number of likely N-dealkylation sites (N-methyl/N-ethyl adjacent to an activating group) is 1. The smallest absolute Gasteiger partial charge is 0.251 e. The van der Waals surface area contributed by atoms with Crippen LogP contribution in [0.25, 0.3) is 21.7 Å². The Morgan fingerprint density at radius 3 is 2.66 bits per heavy atom. The summed E-state index contributed by atoms with van der Waals surface area (Å²) >= 11 is 0. The van der Waals surface area contributed by atoms with E-state index in [2.05, 4.69) is 37.1 Å². The molecule has 0 aliphatic carbocycles. The molecule has 190 valence electrons. The Hall–Kier alpha value is -4.56. The first-order valence-corrected chi connectivity index (χ1v) is 12.7. The molecule has 5 aromatic rings. The van der Waals surface area contributed by atoms with Crippen molar-refractivity contribution in [3.05, 3.63) is 96.4 Å². The normalized spacial score (nSPS) is 14.1. The van der Waals surface area contributed by atoms with E-state index >= 15 is 0 Å². The van der Waals surface area contributed by atoms with E-state index in [0.717, 1.165) is 59.2 Å². The van der Waals surface area contributed by atoms with Gasteiger partial charge in [-0.25, -0.2) is 15.0 Å². The topological polar surface area (TPSA) is 83.5 Å². The molecule has 6 rings (SSSR count). The number of amides is 1. The Labute approximate surface area is 220 Å². The van der Waals surface area contributed by atoms with Crippen LogP contribution in [0, 0.1) is 0 Å². The van der Waals surface area contributed by atoms with E-state index < -0.39 is 0 Å². The number of carbonyl (C=O) groups is 1. The quantitative estimate of drug-likeness (QED) is 0.360. The fraction of sp³-hybridized carbons (Fsp3) is 0.200.